The van der Waals surface area contributed by atoms with Crippen LogP contribution in [0.3, 0.4) is 0 Å². The molecule has 1 rings (SSSR count). The van der Waals surface area contributed by atoms with Crippen LogP contribution in [0.1, 0.15) is 136 Å². The van der Waals surface area contributed by atoms with Crippen LogP contribution >= 0.6 is 7.82 Å². The Labute approximate surface area is 333 Å². The number of hydrogen-bond acceptors (Lipinski definition) is 9. The van der Waals surface area contributed by atoms with Gasteiger partial charge in [0.1, 0.15) is 18.9 Å². The van der Waals surface area contributed by atoms with Gasteiger partial charge in [-0.1, -0.05) is 114 Å². The average Bonchev–Trinajstić information content (AvgIpc) is 3.39. The van der Waals surface area contributed by atoms with Crippen LogP contribution < -0.4 is 10.2 Å². The van der Waals surface area contributed by atoms with Gasteiger partial charge >= 0.3 is 0 Å². The van der Waals surface area contributed by atoms with Gasteiger partial charge in [-0.3, -0.25) is 14.2 Å². The van der Waals surface area contributed by atoms with E-state index in [-0.39, 0.29) is 37.1 Å². The molecule has 1 saturated carbocycles. The number of carbonyl (C=O) groups excluding carboxylic acids is 2. The summed E-state index contributed by atoms with van der Waals surface area (Å²) in [5, 5.41) is 34.4. The van der Waals surface area contributed by atoms with Gasteiger partial charge in [-0.25, -0.2) is 0 Å². The van der Waals surface area contributed by atoms with Crippen LogP contribution in [-0.4, -0.2) is 96.7 Å². The monoisotopic (exact) mass is 797 g/mol. The molecule has 0 saturated heterocycles. The predicted octanol–water partition coefficient (Wildman–Crippen LogP) is 7.25. The summed E-state index contributed by atoms with van der Waals surface area (Å²) in [5.74, 6) is -1.06. The molecule has 12 heteroatoms. The second-order valence-electron chi connectivity index (χ2n) is 16.1. The number of quaternary nitrogens is 1. The molecule has 0 heterocycles. The lowest BCUT2D eigenvalue weighted by molar-refractivity contribution is -0.870. The Morgan fingerprint density at radius 3 is 2.18 bits per heavy atom. The summed E-state index contributed by atoms with van der Waals surface area (Å²) in [4.78, 5) is 37.9. The Morgan fingerprint density at radius 1 is 0.873 bits per heavy atom. The van der Waals surface area contributed by atoms with Gasteiger partial charge in [-0.2, -0.15) is 0 Å². The van der Waals surface area contributed by atoms with E-state index in [4.69, 9.17) is 9.05 Å². The number of hydrogen-bond donors (Lipinski definition) is 4. The number of amides is 1. The van der Waals surface area contributed by atoms with Gasteiger partial charge in [0.25, 0.3) is 7.82 Å². The highest BCUT2D eigenvalue weighted by Gasteiger charge is 2.39. The maximum absolute atomic E-state index is 12.9. The van der Waals surface area contributed by atoms with E-state index < -0.39 is 44.7 Å². The van der Waals surface area contributed by atoms with E-state index in [1.54, 1.807) is 18.2 Å². The van der Waals surface area contributed by atoms with Gasteiger partial charge < -0.3 is 39.1 Å². The highest BCUT2D eigenvalue weighted by atomic mass is 31.2. The SMILES string of the molecule is CCC/C=C\CCCCCCCC/C=C/[C@@H](O)[C@H](COP(=O)([O-])OCC[N+](C)(C)C)NC(=O)CCC/C=C\C[C@H]1[C@@H](O)CC(=O)[C@@H]1/C=C/[C@@H](O)CCCCC. The fraction of sp³-hybridized carbons (Fsp3) is 0.767. The van der Waals surface area contributed by atoms with E-state index in [1.807, 2.05) is 39.4 Å². The minimum Gasteiger partial charge on any atom is -0.756 e. The summed E-state index contributed by atoms with van der Waals surface area (Å²) in [6.07, 6.45) is 29.4. The first-order valence-electron chi connectivity index (χ1n) is 21.1. The molecule has 0 aromatic heterocycles. The summed E-state index contributed by atoms with van der Waals surface area (Å²) in [5.41, 5.74) is 0. The molecule has 11 nitrogen and oxygen atoms in total. The molecule has 0 spiro atoms. The molecule has 0 bridgehead atoms. The molecule has 1 unspecified atom stereocenters. The van der Waals surface area contributed by atoms with Crippen molar-refractivity contribution < 1.29 is 47.9 Å². The largest absolute Gasteiger partial charge is 0.756 e. The van der Waals surface area contributed by atoms with Crippen LogP contribution in [0.25, 0.3) is 0 Å². The summed E-state index contributed by atoms with van der Waals surface area (Å²) < 4.78 is 23.1. The molecule has 0 radical (unpaired) electrons. The zero-order valence-electron chi connectivity index (χ0n) is 34.8. The number of phosphoric acid groups is 1. The lowest BCUT2D eigenvalue weighted by atomic mass is 9.90. The van der Waals surface area contributed by atoms with E-state index in [0.29, 0.717) is 36.7 Å². The fourth-order valence-electron chi connectivity index (χ4n) is 6.37. The molecule has 1 amide bonds. The Bertz CT molecular complexity index is 1200. The number of aliphatic hydroxyl groups excluding tert-OH is 3. The van der Waals surface area contributed by atoms with Gasteiger partial charge in [0.15, 0.2) is 0 Å². The number of Topliss-reactive ketones (excluding diaryl/α,β-unsaturated/α-hetero) is 1. The van der Waals surface area contributed by atoms with Crippen molar-refractivity contribution in [3.63, 3.8) is 0 Å². The van der Waals surface area contributed by atoms with Crippen molar-refractivity contribution in [3.05, 3.63) is 48.6 Å². The summed E-state index contributed by atoms with van der Waals surface area (Å²) in [6.45, 7) is 4.22. The minimum atomic E-state index is -4.66. The number of unbranched alkanes of at least 4 members (excludes halogenated alkanes) is 11. The summed E-state index contributed by atoms with van der Waals surface area (Å²) >= 11 is 0. The Hall–Kier alpha value is -1.95. The second kappa shape index (κ2) is 30.2. The Morgan fingerprint density at radius 2 is 1.51 bits per heavy atom. The average molecular weight is 797 g/mol. The van der Waals surface area contributed by atoms with Gasteiger partial charge in [-0.15, -0.1) is 0 Å². The molecule has 0 aromatic rings. The van der Waals surface area contributed by atoms with E-state index in [2.05, 4.69) is 31.3 Å². The van der Waals surface area contributed by atoms with Crippen LogP contribution in [-0.2, 0) is 23.2 Å². The van der Waals surface area contributed by atoms with Crippen molar-refractivity contribution in [2.45, 2.75) is 160 Å². The van der Waals surface area contributed by atoms with Crippen LogP contribution in [0.4, 0.5) is 0 Å². The molecular weight excluding hydrogens is 719 g/mol. The van der Waals surface area contributed by atoms with Crippen molar-refractivity contribution in [1.29, 1.82) is 0 Å². The first kappa shape index (κ1) is 51.1. The quantitative estimate of drug-likeness (QED) is 0.0232. The predicted molar refractivity (Wildman–Crippen MR) is 220 cm³/mol. The Kier molecular flexibility index (Phi) is 28.0. The highest BCUT2D eigenvalue weighted by molar-refractivity contribution is 7.45. The standard InChI is InChI=1S/C43H77N2O9P/c1-6-8-10-11-12-13-14-15-16-17-18-19-24-28-40(47)39(35-54-55(51,52)53-33-32-45(3,4)5)44-43(50)29-25-21-20-23-27-37-38(42(49)34-41(37)48)31-30-36(46)26-22-9-7-2/h10-11,20,23-24,28,30-31,36-41,46-48H,6-9,12-19,21-22,25-27,29,32-35H2,1-5H3,(H-,44,50,51,52)/b11-10-,23-20-,28-24+,31-30+/t36-,37+,38+,39-,40+,41-/m0/s1. The third kappa shape index (κ3) is 26.6. The lowest BCUT2D eigenvalue weighted by Gasteiger charge is -2.29. The van der Waals surface area contributed by atoms with Crippen molar-refractivity contribution in [2.75, 3.05) is 40.9 Å². The fourth-order valence-corrected chi connectivity index (χ4v) is 7.09. The van der Waals surface area contributed by atoms with E-state index >= 15 is 0 Å². The maximum atomic E-state index is 12.9. The lowest BCUT2D eigenvalue weighted by Crippen LogP contribution is -2.45. The number of rotatable bonds is 33. The number of aliphatic hydroxyl groups is 3. The smallest absolute Gasteiger partial charge is 0.268 e. The van der Waals surface area contributed by atoms with Crippen molar-refractivity contribution in [2.24, 2.45) is 11.8 Å². The van der Waals surface area contributed by atoms with Crippen LogP contribution in [0.5, 0.6) is 0 Å². The number of likely N-dealkylation sites (N-methyl/N-ethyl adjacent to an activating group) is 1. The molecule has 4 N–H and O–H groups in total. The second-order valence-corrected chi connectivity index (χ2v) is 17.5. The number of phosphoric ester groups is 1. The van der Waals surface area contributed by atoms with Crippen LogP contribution in [0, 0.1) is 11.8 Å². The molecular formula is C43H77N2O9P. The third-order valence-electron chi connectivity index (χ3n) is 9.86. The summed E-state index contributed by atoms with van der Waals surface area (Å²) in [7, 11) is 1.08. The highest BCUT2D eigenvalue weighted by Crippen LogP contribution is 2.38. The maximum Gasteiger partial charge on any atom is 0.268 e. The summed E-state index contributed by atoms with van der Waals surface area (Å²) in [6, 6.07) is -0.994. The molecule has 318 valence electrons. The normalized spacial score (nSPS) is 21.0. The topological polar surface area (TPSA) is 165 Å². The first-order valence-corrected chi connectivity index (χ1v) is 22.6. The molecule has 0 aliphatic heterocycles. The zero-order valence-corrected chi connectivity index (χ0v) is 35.7. The molecule has 7 atom stereocenters. The van der Waals surface area contributed by atoms with E-state index in [1.165, 1.54) is 25.7 Å². The molecule has 1 fully saturated rings. The van der Waals surface area contributed by atoms with Gasteiger partial charge in [0.2, 0.25) is 5.91 Å². The van der Waals surface area contributed by atoms with E-state index in [0.717, 1.165) is 57.8 Å². The third-order valence-corrected chi connectivity index (χ3v) is 10.8. The molecule has 1 aliphatic carbocycles. The van der Waals surface area contributed by atoms with Crippen molar-refractivity contribution >= 4 is 19.5 Å². The number of allylic oxidation sites excluding steroid dienone is 6. The van der Waals surface area contributed by atoms with Gasteiger partial charge in [0, 0.05) is 24.7 Å². The Balaban J connectivity index is 2.62. The number of nitrogens with one attached hydrogen (secondary N) is 1. The molecule has 1 aliphatic rings. The van der Waals surface area contributed by atoms with E-state index in [9.17, 15) is 34.4 Å². The number of carbonyl (C=O) groups is 2. The van der Waals surface area contributed by atoms with Crippen LogP contribution in [0.15, 0.2) is 48.6 Å². The number of nitrogens with zero attached hydrogens (tertiary/aromatic N) is 1. The molecule has 55 heavy (non-hydrogen) atoms. The molecule has 0 aromatic carbocycles. The van der Waals surface area contributed by atoms with Crippen molar-refractivity contribution in [1.82, 2.24) is 5.32 Å². The van der Waals surface area contributed by atoms with Gasteiger partial charge in [-0.05, 0) is 57.8 Å². The van der Waals surface area contributed by atoms with Gasteiger partial charge in [0.05, 0.1) is 52.1 Å². The van der Waals surface area contributed by atoms with Crippen molar-refractivity contribution in [3.8, 4) is 0 Å². The van der Waals surface area contributed by atoms with Crippen LogP contribution in [0.2, 0.25) is 0 Å². The first-order chi connectivity index (χ1) is 26.2. The number of ketones is 1. The zero-order chi connectivity index (χ0) is 41.0. The minimum absolute atomic E-state index is 0.0218.